The molecule has 1 N–H and O–H groups in total. The summed E-state index contributed by atoms with van der Waals surface area (Å²) in [6.45, 7) is -2.53. The number of likely N-dealkylation sites (tertiary alicyclic amines) is 1. The van der Waals surface area contributed by atoms with Crippen LogP contribution in [0.5, 0.6) is 5.75 Å². The summed E-state index contributed by atoms with van der Waals surface area (Å²) in [7, 11) is 1.65. The molecule has 28 heavy (non-hydrogen) atoms. The zero-order valence-corrected chi connectivity index (χ0v) is 16.2. The monoisotopic (exact) mass is 406 g/mol. The summed E-state index contributed by atoms with van der Waals surface area (Å²) in [5.74, 6) is -1.88. The zero-order valence-electron chi connectivity index (χ0n) is 15.4. The van der Waals surface area contributed by atoms with Crippen LogP contribution in [0.15, 0.2) is 53.4 Å². The van der Waals surface area contributed by atoms with Gasteiger partial charge in [-0.1, -0.05) is 24.3 Å². The van der Waals surface area contributed by atoms with Gasteiger partial charge >= 0.3 is 6.61 Å². The van der Waals surface area contributed by atoms with Crippen molar-refractivity contribution in [3.8, 4) is 5.75 Å². The Bertz CT molecular complexity index is 861. The number of hydrogen-bond acceptors (Lipinski definition) is 4. The third-order valence-electron chi connectivity index (χ3n) is 4.70. The third kappa shape index (κ3) is 4.27. The Labute approximate surface area is 166 Å². The molecular weight excluding hydrogens is 386 g/mol. The van der Waals surface area contributed by atoms with E-state index in [0.717, 1.165) is 10.5 Å². The van der Waals surface area contributed by atoms with Gasteiger partial charge in [-0.05, 0) is 36.1 Å². The Morgan fingerprint density at radius 3 is 2.54 bits per heavy atom. The first-order chi connectivity index (χ1) is 13.4. The van der Waals surface area contributed by atoms with E-state index in [9.17, 15) is 18.4 Å². The molecule has 1 aliphatic rings. The van der Waals surface area contributed by atoms with Gasteiger partial charge in [0.25, 0.3) is 0 Å². The van der Waals surface area contributed by atoms with Gasteiger partial charge in [-0.2, -0.15) is 8.78 Å². The Kier molecular flexibility index (Phi) is 6.18. The van der Waals surface area contributed by atoms with E-state index in [1.165, 1.54) is 28.8 Å². The van der Waals surface area contributed by atoms with Gasteiger partial charge in [0.15, 0.2) is 0 Å². The van der Waals surface area contributed by atoms with Crippen LogP contribution in [0.25, 0.3) is 0 Å². The summed E-state index contributed by atoms with van der Waals surface area (Å²) < 4.78 is 29.0. The minimum absolute atomic E-state index is 0.0336. The normalized spacial score (nSPS) is 19.2. The fourth-order valence-electron chi connectivity index (χ4n) is 3.35. The largest absolute Gasteiger partial charge is 0.435 e. The van der Waals surface area contributed by atoms with Crippen LogP contribution >= 0.6 is 11.8 Å². The van der Waals surface area contributed by atoms with Crippen molar-refractivity contribution in [1.29, 1.82) is 0 Å². The molecule has 2 aromatic rings. The van der Waals surface area contributed by atoms with Crippen LogP contribution in [0.3, 0.4) is 0 Å². The molecule has 0 bridgehead atoms. The first-order valence-electron chi connectivity index (χ1n) is 8.64. The number of halogens is 2. The molecule has 0 aliphatic carbocycles. The zero-order chi connectivity index (χ0) is 20.3. The molecule has 1 saturated heterocycles. The Morgan fingerprint density at radius 1 is 1.21 bits per heavy atom. The third-order valence-corrected chi connectivity index (χ3v) is 5.49. The summed E-state index contributed by atoms with van der Waals surface area (Å²) in [5.41, 5.74) is 1.37. The van der Waals surface area contributed by atoms with Crippen molar-refractivity contribution in [1.82, 2.24) is 4.90 Å². The molecule has 0 saturated carbocycles. The Balaban J connectivity index is 1.83. The van der Waals surface area contributed by atoms with E-state index in [1.54, 1.807) is 25.2 Å². The number of carbonyl (C=O) groups excluding carboxylic acids is 2. The fraction of sp³-hybridized carbons (Fsp3) is 0.300. The van der Waals surface area contributed by atoms with Crippen LogP contribution in [0, 0.1) is 5.92 Å². The summed E-state index contributed by atoms with van der Waals surface area (Å²) in [4.78, 5) is 28.0. The van der Waals surface area contributed by atoms with Crippen molar-refractivity contribution in [3.63, 3.8) is 0 Å². The number of alkyl halides is 2. The highest BCUT2D eigenvalue weighted by Gasteiger charge is 2.44. The molecule has 0 aromatic heterocycles. The number of likely N-dealkylation sites (N-methyl/N-ethyl adjacent to an activating group) is 1. The van der Waals surface area contributed by atoms with Gasteiger partial charge in [0.1, 0.15) is 11.7 Å². The number of nitrogens with one attached hydrogen (secondary N) is 1. The minimum atomic E-state index is -2.90. The smallest absolute Gasteiger partial charge is 0.387 e. The van der Waals surface area contributed by atoms with Crippen molar-refractivity contribution < 1.29 is 23.1 Å². The molecule has 0 spiro atoms. The molecule has 148 valence electrons. The molecule has 5 nitrogen and oxygen atoms in total. The number of thioether (sulfide) groups is 1. The van der Waals surface area contributed by atoms with Crippen molar-refractivity contribution in [2.45, 2.75) is 17.4 Å². The molecule has 1 aliphatic heterocycles. The second kappa shape index (κ2) is 8.60. The highest BCUT2D eigenvalue weighted by atomic mass is 32.2. The van der Waals surface area contributed by atoms with Gasteiger partial charge in [0.2, 0.25) is 11.8 Å². The van der Waals surface area contributed by atoms with Crippen LogP contribution in [-0.2, 0) is 9.59 Å². The van der Waals surface area contributed by atoms with E-state index in [1.807, 2.05) is 24.5 Å². The summed E-state index contributed by atoms with van der Waals surface area (Å²) in [5, 5.41) is 2.86. The van der Waals surface area contributed by atoms with Gasteiger partial charge < -0.3 is 15.0 Å². The molecule has 2 atom stereocenters. The number of anilines is 1. The van der Waals surface area contributed by atoms with Gasteiger partial charge in [-0.15, -0.1) is 11.8 Å². The second-order valence-corrected chi connectivity index (χ2v) is 7.29. The lowest BCUT2D eigenvalue weighted by molar-refractivity contribution is -0.135. The highest BCUT2D eigenvalue weighted by molar-refractivity contribution is 7.98. The van der Waals surface area contributed by atoms with E-state index in [4.69, 9.17) is 0 Å². The molecule has 0 unspecified atom stereocenters. The summed E-state index contributed by atoms with van der Waals surface area (Å²) in [6.07, 6.45) is 1.91. The summed E-state index contributed by atoms with van der Waals surface area (Å²) in [6, 6.07) is 13.4. The SMILES string of the molecule is CSc1ccccc1NC(=O)[C@H]1C(=O)N(C)C[C@@H]1c1ccc(OC(F)F)cc1. The lowest BCUT2D eigenvalue weighted by atomic mass is 9.88. The maximum atomic E-state index is 12.9. The predicted molar refractivity (Wildman–Crippen MR) is 104 cm³/mol. The van der Waals surface area contributed by atoms with Crippen molar-refractivity contribution in [2.75, 3.05) is 25.2 Å². The topological polar surface area (TPSA) is 58.6 Å². The molecule has 0 radical (unpaired) electrons. The first-order valence-corrected chi connectivity index (χ1v) is 9.87. The molecule has 2 aromatic carbocycles. The van der Waals surface area contributed by atoms with E-state index in [-0.39, 0.29) is 23.5 Å². The predicted octanol–water partition coefficient (Wildman–Crippen LogP) is 3.82. The van der Waals surface area contributed by atoms with Crippen molar-refractivity contribution >= 4 is 29.3 Å². The molecular formula is C20H20F2N2O3S. The van der Waals surface area contributed by atoms with E-state index < -0.39 is 12.5 Å². The number of ether oxygens (including phenoxy) is 1. The molecule has 2 amide bonds. The maximum absolute atomic E-state index is 12.9. The van der Waals surface area contributed by atoms with Crippen molar-refractivity contribution in [2.24, 2.45) is 5.92 Å². The van der Waals surface area contributed by atoms with Gasteiger partial charge in [0.05, 0.1) is 5.69 Å². The van der Waals surface area contributed by atoms with E-state index in [2.05, 4.69) is 10.1 Å². The molecule has 3 rings (SSSR count). The number of amides is 2. The van der Waals surface area contributed by atoms with Crippen LogP contribution in [0.4, 0.5) is 14.5 Å². The molecule has 1 fully saturated rings. The number of hydrogen-bond donors (Lipinski definition) is 1. The lowest BCUT2D eigenvalue weighted by Crippen LogP contribution is -2.32. The number of carbonyl (C=O) groups is 2. The Hall–Kier alpha value is -2.61. The van der Waals surface area contributed by atoms with Gasteiger partial charge in [-0.25, -0.2) is 0 Å². The van der Waals surface area contributed by atoms with Crippen LogP contribution < -0.4 is 10.1 Å². The number of rotatable bonds is 6. The van der Waals surface area contributed by atoms with Gasteiger partial charge in [0, 0.05) is 24.4 Å². The van der Waals surface area contributed by atoms with Crippen LogP contribution in [-0.4, -0.2) is 43.2 Å². The van der Waals surface area contributed by atoms with Crippen LogP contribution in [0.1, 0.15) is 11.5 Å². The average Bonchev–Trinajstić information content (AvgIpc) is 2.97. The standard InChI is InChI=1S/C20H20F2N2O3S/c1-24-11-14(12-7-9-13(10-8-12)27-20(21)22)17(19(24)26)18(25)23-15-5-3-4-6-16(15)28-2/h3-10,14,17,20H,11H2,1-2H3,(H,23,25)/t14-,17+/m1/s1. The van der Waals surface area contributed by atoms with Gasteiger partial charge in [-0.3, -0.25) is 9.59 Å². The second-order valence-electron chi connectivity index (χ2n) is 6.44. The summed E-state index contributed by atoms with van der Waals surface area (Å²) >= 11 is 1.50. The van der Waals surface area contributed by atoms with Crippen LogP contribution in [0.2, 0.25) is 0 Å². The number of nitrogens with zero attached hydrogens (tertiary/aromatic N) is 1. The van der Waals surface area contributed by atoms with Crippen molar-refractivity contribution in [3.05, 3.63) is 54.1 Å². The molecule has 1 heterocycles. The fourth-order valence-corrected chi connectivity index (χ4v) is 3.90. The van der Waals surface area contributed by atoms with E-state index >= 15 is 0 Å². The number of para-hydroxylation sites is 1. The maximum Gasteiger partial charge on any atom is 0.387 e. The van der Waals surface area contributed by atoms with E-state index in [0.29, 0.717) is 12.2 Å². The Morgan fingerprint density at radius 2 is 1.89 bits per heavy atom. The minimum Gasteiger partial charge on any atom is -0.435 e. The number of benzene rings is 2. The molecule has 8 heteroatoms. The quantitative estimate of drug-likeness (QED) is 0.585. The lowest BCUT2D eigenvalue weighted by Gasteiger charge is -2.18. The first kappa shape index (κ1) is 20.1. The average molecular weight is 406 g/mol. The highest BCUT2D eigenvalue weighted by Crippen LogP contribution is 2.35.